The Bertz CT molecular complexity index is 441. The van der Waals surface area contributed by atoms with Crippen molar-refractivity contribution < 1.29 is 42.7 Å². The largest absolute Gasteiger partial charge is 0.463 e. The number of ether oxygens (including phenoxy) is 8. The molecule has 5 rings (SSSR count). The molecule has 0 bridgehead atoms. The van der Waals surface area contributed by atoms with Crippen LogP contribution < -0.4 is 0 Å². The van der Waals surface area contributed by atoms with E-state index in [-0.39, 0.29) is 12.1 Å². The van der Waals surface area contributed by atoms with Crippen LogP contribution in [0.2, 0.25) is 0 Å². The van der Waals surface area contributed by atoms with Gasteiger partial charge in [0.15, 0.2) is 0 Å². The van der Waals surface area contributed by atoms with E-state index in [1.165, 1.54) is 26.2 Å². The van der Waals surface area contributed by atoms with Gasteiger partial charge in [-0.05, 0) is 26.2 Å². The number of hydrogen-bond donors (Lipinski definition) is 0. The molecule has 0 aromatic rings. The van der Waals surface area contributed by atoms with E-state index in [1.807, 2.05) is 0 Å². The van der Waals surface area contributed by atoms with Crippen LogP contribution in [0.1, 0.15) is 40.0 Å². The van der Waals surface area contributed by atoms with Gasteiger partial charge in [0, 0.05) is 39.8 Å². The molecule has 5 heterocycles. The maximum absolute atomic E-state index is 10.1. The van der Waals surface area contributed by atoms with Crippen molar-refractivity contribution in [3.8, 4) is 0 Å². The van der Waals surface area contributed by atoms with Crippen LogP contribution in [0, 0.1) is 5.41 Å². The van der Waals surface area contributed by atoms with Gasteiger partial charge in [-0.25, -0.2) is 0 Å². The second kappa shape index (κ2) is 17.6. The lowest BCUT2D eigenvalue weighted by molar-refractivity contribution is -0.144. The van der Waals surface area contributed by atoms with E-state index in [9.17, 15) is 4.79 Å². The summed E-state index contributed by atoms with van der Waals surface area (Å²) in [6, 6.07) is 0. The predicted molar refractivity (Wildman–Crippen MR) is 119 cm³/mol. The van der Waals surface area contributed by atoms with Crippen LogP contribution in [0.4, 0.5) is 0 Å². The van der Waals surface area contributed by atoms with Crippen molar-refractivity contribution in [1.82, 2.24) is 0 Å². The number of methoxy groups -OCH3 is 2. The summed E-state index contributed by atoms with van der Waals surface area (Å²) in [4.78, 5) is 10.1. The Hall–Kier alpha value is -0.810. The van der Waals surface area contributed by atoms with E-state index >= 15 is 0 Å². The Labute approximate surface area is 193 Å². The van der Waals surface area contributed by atoms with Gasteiger partial charge in [0.25, 0.3) is 0 Å². The standard InChI is InChI=1S/C7H14O2.C5H8O3.C4H8O2.C4H8O.C3H6O/c1-3-7(4-8-2)5-9-6-7;1-4(6)7-2-5-3-8-5;1-5-2-4-3-6-4;1-2-4-5-3-1;1-3-2-4-3/h3-6H2,1-2H3;5H,2-3H2,1H3;4H,2-3H2,1H3;1-4H2;3H,2H2,1H3. The molecule has 0 saturated carbocycles. The van der Waals surface area contributed by atoms with E-state index in [1.54, 1.807) is 14.2 Å². The Balaban J connectivity index is 0.000000205. The number of esters is 1. The lowest BCUT2D eigenvalue weighted by Gasteiger charge is -2.39. The highest BCUT2D eigenvalue weighted by molar-refractivity contribution is 5.65. The fraction of sp³-hybridized carbons (Fsp3) is 0.957. The Kier molecular flexibility index (Phi) is 16.1. The first-order valence-corrected chi connectivity index (χ1v) is 11.6. The smallest absolute Gasteiger partial charge is 0.302 e. The molecule has 5 aliphatic heterocycles. The van der Waals surface area contributed by atoms with Gasteiger partial charge in [-0.3, -0.25) is 4.79 Å². The Morgan fingerprint density at radius 1 is 0.906 bits per heavy atom. The maximum atomic E-state index is 10.1. The summed E-state index contributed by atoms with van der Waals surface area (Å²) in [6.45, 7) is 14.1. The monoisotopic (exact) mass is 464 g/mol. The van der Waals surface area contributed by atoms with Crippen LogP contribution in [0.5, 0.6) is 0 Å². The van der Waals surface area contributed by atoms with Gasteiger partial charge in [-0.2, -0.15) is 0 Å². The molecule has 0 aromatic heterocycles. The van der Waals surface area contributed by atoms with Crippen molar-refractivity contribution >= 4 is 5.97 Å². The minimum atomic E-state index is -0.236. The van der Waals surface area contributed by atoms with Crippen LogP contribution in [-0.2, 0) is 42.7 Å². The SMILES string of the molecule is C1CCOC1.CC(=O)OCC1CO1.CC1CO1.CCC1(COC)COC1.COCC1CO1. The fourth-order valence-electron chi connectivity index (χ4n) is 2.42. The van der Waals surface area contributed by atoms with E-state index in [4.69, 9.17) is 33.2 Å². The minimum absolute atomic E-state index is 0.193. The average molecular weight is 465 g/mol. The first-order valence-electron chi connectivity index (χ1n) is 11.6. The molecular weight excluding hydrogens is 420 g/mol. The Morgan fingerprint density at radius 2 is 1.44 bits per heavy atom. The number of carbonyl (C=O) groups is 1. The van der Waals surface area contributed by atoms with E-state index in [0.29, 0.717) is 24.2 Å². The summed E-state index contributed by atoms with van der Waals surface area (Å²) in [6.07, 6.45) is 4.93. The average Bonchev–Trinajstić information content (AvgIpc) is 3.69. The molecule has 0 aromatic carbocycles. The summed E-state index contributed by atoms with van der Waals surface area (Å²) in [5, 5.41) is 0. The summed E-state index contributed by atoms with van der Waals surface area (Å²) < 4.78 is 38.8. The predicted octanol–water partition coefficient (Wildman–Crippen LogP) is 2.24. The van der Waals surface area contributed by atoms with Crippen LogP contribution in [-0.4, -0.2) is 105 Å². The Morgan fingerprint density at radius 3 is 1.62 bits per heavy atom. The van der Waals surface area contributed by atoms with Crippen molar-refractivity contribution in [3.05, 3.63) is 0 Å². The number of hydrogen-bond acceptors (Lipinski definition) is 9. The molecule has 0 amide bonds. The van der Waals surface area contributed by atoms with Gasteiger partial charge in [0.05, 0.1) is 52.4 Å². The molecule has 0 aliphatic carbocycles. The van der Waals surface area contributed by atoms with Crippen molar-refractivity contribution in [3.63, 3.8) is 0 Å². The summed E-state index contributed by atoms with van der Waals surface area (Å²) >= 11 is 0. The van der Waals surface area contributed by atoms with Crippen molar-refractivity contribution in [2.24, 2.45) is 5.41 Å². The quantitative estimate of drug-likeness (QED) is 0.415. The van der Waals surface area contributed by atoms with Gasteiger partial charge < -0.3 is 37.9 Å². The lowest BCUT2D eigenvalue weighted by Crippen LogP contribution is -2.45. The molecule has 32 heavy (non-hydrogen) atoms. The minimum Gasteiger partial charge on any atom is -0.463 e. The first-order chi connectivity index (χ1) is 15.4. The molecule has 9 nitrogen and oxygen atoms in total. The zero-order chi connectivity index (χ0) is 23.7. The molecule has 3 atom stereocenters. The molecule has 0 N–H and O–H groups in total. The summed E-state index contributed by atoms with van der Waals surface area (Å²) in [5.74, 6) is -0.236. The highest BCUT2D eigenvalue weighted by Gasteiger charge is 2.36. The molecule has 5 fully saturated rings. The third-order valence-electron chi connectivity index (χ3n) is 4.97. The number of epoxide rings is 3. The van der Waals surface area contributed by atoms with Gasteiger partial charge in [0.2, 0.25) is 0 Å². The molecule has 3 unspecified atom stereocenters. The summed E-state index contributed by atoms with van der Waals surface area (Å²) in [5.41, 5.74) is 0.370. The second-order valence-electron chi connectivity index (χ2n) is 8.41. The van der Waals surface area contributed by atoms with Gasteiger partial charge in [-0.15, -0.1) is 0 Å². The van der Waals surface area contributed by atoms with Crippen LogP contribution in [0.15, 0.2) is 0 Å². The van der Waals surface area contributed by atoms with Gasteiger partial charge >= 0.3 is 5.97 Å². The van der Waals surface area contributed by atoms with Crippen LogP contribution in [0.25, 0.3) is 0 Å². The molecular formula is C23H44O9. The van der Waals surface area contributed by atoms with Gasteiger partial charge in [-0.1, -0.05) is 6.92 Å². The van der Waals surface area contributed by atoms with E-state index in [2.05, 4.69) is 18.6 Å². The maximum Gasteiger partial charge on any atom is 0.302 e. The van der Waals surface area contributed by atoms with E-state index < -0.39 is 0 Å². The van der Waals surface area contributed by atoms with E-state index in [0.717, 1.165) is 59.5 Å². The molecule has 0 spiro atoms. The molecule has 9 heteroatoms. The first kappa shape index (κ1) is 29.2. The highest BCUT2D eigenvalue weighted by atomic mass is 16.6. The molecule has 190 valence electrons. The normalized spacial score (nSPS) is 27.2. The van der Waals surface area contributed by atoms with Crippen molar-refractivity contribution in [1.29, 1.82) is 0 Å². The lowest BCUT2D eigenvalue weighted by atomic mass is 9.84. The molecule has 5 aliphatic rings. The van der Waals surface area contributed by atoms with Gasteiger partial charge in [0.1, 0.15) is 18.8 Å². The number of carbonyl (C=O) groups excluding carboxylic acids is 1. The fourth-order valence-corrected chi connectivity index (χ4v) is 2.42. The topological polar surface area (TPSA) is 101 Å². The van der Waals surface area contributed by atoms with Crippen molar-refractivity contribution in [2.45, 2.75) is 58.3 Å². The second-order valence-corrected chi connectivity index (χ2v) is 8.41. The zero-order valence-corrected chi connectivity index (χ0v) is 20.6. The third-order valence-corrected chi connectivity index (χ3v) is 4.97. The van der Waals surface area contributed by atoms with Crippen LogP contribution in [0.3, 0.4) is 0 Å². The summed E-state index contributed by atoms with van der Waals surface area (Å²) in [7, 11) is 3.43. The van der Waals surface area contributed by atoms with Crippen molar-refractivity contribution in [2.75, 3.05) is 80.3 Å². The number of rotatable bonds is 7. The zero-order valence-electron chi connectivity index (χ0n) is 20.6. The highest BCUT2D eigenvalue weighted by Crippen LogP contribution is 2.30. The van der Waals surface area contributed by atoms with Crippen LogP contribution >= 0.6 is 0 Å². The molecule has 5 saturated heterocycles. The third kappa shape index (κ3) is 17.7. The molecule has 0 radical (unpaired) electrons.